The first-order valence-corrected chi connectivity index (χ1v) is 6.96. The number of likely N-dealkylation sites (N-methyl/N-ethyl adjacent to an activating group) is 1. The Morgan fingerprint density at radius 3 is 2.53 bits per heavy atom. The van der Waals surface area contributed by atoms with Gasteiger partial charge in [0.1, 0.15) is 0 Å². The second kappa shape index (κ2) is 7.34. The fraction of sp³-hybridized carbons (Fsp3) is 1.00. The SMILES string of the molecule is COC1CCCC(NC(CN(C)C)C(C)C)C1. The molecule has 1 saturated carbocycles. The average Bonchev–Trinajstić information content (AvgIpc) is 2.27. The van der Waals surface area contributed by atoms with Gasteiger partial charge < -0.3 is 15.0 Å². The van der Waals surface area contributed by atoms with Gasteiger partial charge in [-0.05, 0) is 45.7 Å². The van der Waals surface area contributed by atoms with E-state index in [1.165, 1.54) is 25.7 Å². The van der Waals surface area contributed by atoms with Gasteiger partial charge in [-0.2, -0.15) is 0 Å². The predicted molar refractivity (Wildman–Crippen MR) is 73.4 cm³/mol. The monoisotopic (exact) mass is 242 g/mol. The number of hydrogen-bond acceptors (Lipinski definition) is 3. The lowest BCUT2D eigenvalue weighted by Crippen LogP contribution is -2.49. The van der Waals surface area contributed by atoms with Crippen molar-refractivity contribution in [1.29, 1.82) is 0 Å². The van der Waals surface area contributed by atoms with Crippen LogP contribution in [0.3, 0.4) is 0 Å². The number of ether oxygens (including phenoxy) is 1. The summed E-state index contributed by atoms with van der Waals surface area (Å²) in [5.41, 5.74) is 0. The molecule has 17 heavy (non-hydrogen) atoms. The molecule has 1 rings (SSSR count). The molecule has 0 aromatic carbocycles. The molecule has 3 atom stereocenters. The third kappa shape index (κ3) is 5.36. The van der Waals surface area contributed by atoms with E-state index in [9.17, 15) is 0 Å². The topological polar surface area (TPSA) is 24.5 Å². The lowest BCUT2D eigenvalue weighted by molar-refractivity contribution is 0.0547. The van der Waals surface area contributed by atoms with Crippen molar-refractivity contribution >= 4 is 0 Å². The van der Waals surface area contributed by atoms with Gasteiger partial charge in [0.05, 0.1) is 6.10 Å². The maximum Gasteiger partial charge on any atom is 0.0586 e. The first-order valence-electron chi connectivity index (χ1n) is 6.96. The summed E-state index contributed by atoms with van der Waals surface area (Å²) in [6.45, 7) is 5.72. The van der Waals surface area contributed by atoms with E-state index in [1.807, 2.05) is 7.11 Å². The molecule has 0 aromatic rings. The molecule has 3 unspecified atom stereocenters. The molecule has 0 aromatic heterocycles. The quantitative estimate of drug-likeness (QED) is 0.772. The second-order valence-electron chi connectivity index (χ2n) is 6.00. The predicted octanol–water partition coefficient (Wildman–Crippen LogP) is 2.12. The summed E-state index contributed by atoms with van der Waals surface area (Å²) in [5.74, 6) is 0.681. The van der Waals surface area contributed by atoms with Gasteiger partial charge in [-0.3, -0.25) is 0 Å². The Labute approximate surface area is 107 Å². The van der Waals surface area contributed by atoms with Crippen LogP contribution in [-0.2, 0) is 4.74 Å². The lowest BCUT2D eigenvalue weighted by atomic mass is 9.91. The zero-order valence-corrected chi connectivity index (χ0v) is 12.2. The molecule has 0 amide bonds. The highest BCUT2D eigenvalue weighted by Gasteiger charge is 2.25. The van der Waals surface area contributed by atoms with Crippen LogP contribution >= 0.6 is 0 Å². The van der Waals surface area contributed by atoms with Gasteiger partial charge in [0.25, 0.3) is 0 Å². The molecule has 1 aliphatic carbocycles. The van der Waals surface area contributed by atoms with E-state index in [4.69, 9.17) is 4.74 Å². The molecule has 3 heteroatoms. The first-order chi connectivity index (χ1) is 8.02. The van der Waals surface area contributed by atoms with Crippen LogP contribution in [0.15, 0.2) is 0 Å². The third-order valence-electron chi connectivity index (χ3n) is 3.78. The number of methoxy groups -OCH3 is 1. The molecule has 102 valence electrons. The van der Waals surface area contributed by atoms with Crippen LogP contribution in [0.1, 0.15) is 39.5 Å². The highest BCUT2D eigenvalue weighted by molar-refractivity contribution is 4.83. The molecule has 0 spiro atoms. The fourth-order valence-electron chi connectivity index (χ4n) is 2.66. The van der Waals surface area contributed by atoms with E-state index in [2.05, 4.69) is 38.2 Å². The minimum Gasteiger partial charge on any atom is -0.381 e. The smallest absolute Gasteiger partial charge is 0.0586 e. The third-order valence-corrected chi connectivity index (χ3v) is 3.78. The van der Waals surface area contributed by atoms with Gasteiger partial charge in [-0.15, -0.1) is 0 Å². The van der Waals surface area contributed by atoms with Crippen LogP contribution in [-0.4, -0.2) is 50.8 Å². The number of nitrogens with zero attached hydrogens (tertiary/aromatic N) is 1. The Morgan fingerprint density at radius 2 is 2.00 bits per heavy atom. The van der Waals surface area contributed by atoms with Gasteiger partial charge in [0, 0.05) is 25.7 Å². The number of nitrogens with one attached hydrogen (secondary N) is 1. The van der Waals surface area contributed by atoms with Crippen LogP contribution < -0.4 is 5.32 Å². The van der Waals surface area contributed by atoms with Crippen molar-refractivity contribution in [1.82, 2.24) is 10.2 Å². The summed E-state index contributed by atoms with van der Waals surface area (Å²) in [6.07, 6.45) is 5.47. The van der Waals surface area contributed by atoms with Crippen LogP contribution in [0.25, 0.3) is 0 Å². The van der Waals surface area contributed by atoms with Gasteiger partial charge in [0.2, 0.25) is 0 Å². The molecular weight excluding hydrogens is 212 g/mol. The molecule has 0 heterocycles. The molecule has 0 radical (unpaired) electrons. The summed E-state index contributed by atoms with van der Waals surface area (Å²) in [4.78, 5) is 2.27. The van der Waals surface area contributed by atoms with Gasteiger partial charge >= 0.3 is 0 Å². The summed E-state index contributed by atoms with van der Waals surface area (Å²) in [6, 6.07) is 1.23. The first kappa shape index (κ1) is 14.9. The van der Waals surface area contributed by atoms with E-state index in [0.29, 0.717) is 24.1 Å². The highest BCUT2D eigenvalue weighted by Crippen LogP contribution is 2.21. The molecule has 0 saturated heterocycles. The summed E-state index contributed by atoms with van der Waals surface area (Å²) in [7, 11) is 6.14. The molecular formula is C14H30N2O. The van der Waals surface area contributed by atoms with Crippen molar-refractivity contribution in [3.8, 4) is 0 Å². The second-order valence-corrected chi connectivity index (χ2v) is 6.00. The van der Waals surface area contributed by atoms with Crippen LogP contribution in [0.2, 0.25) is 0 Å². The van der Waals surface area contributed by atoms with Crippen LogP contribution in [0.4, 0.5) is 0 Å². The molecule has 1 aliphatic rings. The Hall–Kier alpha value is -0.120. The van der Waals surface area contributed by atoms with Crippen molar-refractivity contribution in [2.75, 3.05) is 27.7 Å². The largest absolute Gasteiger partial charge is 0.381 e. The maximum atomic E-state index is 5.49. The molecule has 1 fully saturated rings. The number of hydrogen-bond donors (Lipinski definition) is 1. The van der Waals surface area contributed by atoms with Crippen molar-refractivity contribution in [2.24, 2.45) is 5.92 Å². The van der Waals surface area contributed by atoms with Crippen LogP contribution in [0.5, 0.6) is 0 Å². The Kier molecular flexibility index (Phi) is 6.45. The van der Waals surface area contributed by atoms with E-state index in [0.717, 1.165) is 6.54 Å². The zero-order chi connectivity index (χ0) is 12.8. The van der Waals surface area contributed by atoms with Crippen molar-refractivity contribution < 1.29 is 4.74 Å². The summed E-state index contributed by atoms with van der Waals surface area (Å²) >= 11 is 0. The van der Waals surface area contributed by atoms with Crippen LogP contribution in [0, 0.1) is 5.92 Å². The lowest BCUT2D eigenvalue weighted by Gasteiger charge is -2.34. The molecule has 0 bridgehead atoms. The highest BCUT2D eigenvalue weighted by atomic mass is 16.5. The van der Waals surface area contributed by atoms with Gasteiger partial charge in [-0.1, -0.05) is 13.8 Å². The summed E-state index contributed by atoms with van der Waals surface area (Å²) in [5, 5.41) is 3.83. The standard InChI is InChI=1S/C14H30N2O/c1-11(2)14(10-16(3)4)15-12-7-6-8-13(9-12)17-5/h11-15H,6-10H2,1-5H3. The molecule has 1 N–H and O–H groups in total. The van der Waals surface area contributed by atoms with E-state index in [-0.39, 0.29) is 0 Å². The van der Waals surface area contributed by atoms with Crippen molar-refractivity contribution in [2.45, 2.75) is 57.7 Å². The Morgan fingerprint density at radius 1 is 1.29 bits per heavy atom. The number of rotatable bonds is 6. The van der Waals surface area contributed by atoms with E-state index in [1.54, 1.807) is 0 Å². The summed E-state index contributed by atoms with van der Waals surface area (Å²) < 4.78 is 5.49. The van der Waals surface area contributed by atoms with E-state index < -0.39 is 0 Å². The Balaban J connectivity index is 2.43. The van der Waals surface area contributed by atoms with Gasteiger partial charge in [0.15, 0.2) is 0 Å². The molecule has 3 nitrogen and oxygen atoms in total. The normalized spacial score (nSPS) is 27.7. The maximum absolute atomic E-state index is 5.49. The van der Waals surface area contributed by atoms with Crippen molar-refractivity contribution in [3.05, 3.63) is 0 Å². The van der Waals surface area contributed by atoms with Gasteiger partial charge in [-0.25, -0.2) is 0 Å². The minimum atomic E-state index is 0.466. The van der Waals surface area contributed by atoms with E-state index >= 15 is 0 Å². The zero-order valence-electron chi connectivity index (χ0n) is 12.2. The van der Waals surface area contributed by atoms with Crippen molar-refractivity contribution in [3.63, 3.8) is 0 Å². The molecule has 0 aliphatic heterocycles. The average molecular weight is 242 g/mol. The fourth-order valence-corrected chi connectivity index (χ4v) is 2.66. The Bertz CT molecular complexity index is 206. The minimum absolute atomic E-state index is 0.466.